The normalized spacial score (nSPS) is 14.8. The van der Waals surface area contributed by atoms with E-state index in [2.05, 4.69) is 0 Å². The van der Waals surface area contributed by atoms with Gasteiger partial charge in [-0.15, -0.1) is 0 Å². The molecule has 0 aliphatic carbocycles. The number of hydrogen-bond acceptors (Lipinski definition) is 3. The second-order valence-electron chi connectivity index (χ2n) is 4.75. The van der Waals surface area contributed by atoms with Crippen LogP contribution < -0.4 is 0 Å². The SMILES string of the molecule is CCCC(c1ccccc1C(=O)O)C(CC)S(=O)(=O)O. The van der Waals surface area contributed by atoms with Gasteiger partial charge >= 0.3 is 5.97 Å². The molecule has 0 heterocycles. The number of carboxylic acid groups (broad SMARTS) is 1. The summed E-state index contributed by atoms with van der Waals surface area (Å²) < 4.78 is 32.5. The lowest BCUT2D eigenvalue weighted by Crippen LogP contribution is -2.28. The second-order valence-corrected chi connectivity index (χ2v) is 6.38. The standard InChI is InChI=1S/C14H20O5S/c1-3-7-11(13(4-2)20(17,18)19)10-8-5-6-9-12(10)14(15)16/h5-6,8-9,11,13H,3-4,7H2,1-2H3,(H,15,16)(H,17,18,19). The van der Waals surface area contributed by atoms with Crippen LogP contribution in [0.1, 0.15) is 54.9 Å². The number of aromatic carboxylic acids is 1. The zero-order chi connectivity index (χ0) is 15.3. The van der Waals surface area contributed by atoms with Gasteiger partial charge in [0.2, 0.25) is 0 Å². The highest BCUT2D eigenvalue weighted by molar-refractivity contribution is 7.86. The van der Waals surface area contributed by atoms with Crippen molar-refractivity contribution in [3.63, 3.8) is 0 Å². The van der Waals surface area contributed by atoms with E-state index in [1.54, 1.807) is 25.1 Å². The summed E-state index contributed by atoms with van der Waals surface area (Å²) in [5, 5.41) is 8.24. The average molecular weight is 300 g/mol. The smallest absolute Gasteiger partial charge is 0.335 e. The van der Waals surface area contributed by atoms with Crippen molar-refractivity contribution in [2.75, 3.05) is 0 Å². The fraction of sp³-hybridized carbons (Fsp3) is 0.500. The van der Waals surface area contributed by atoms with Crippen LogP contribution in [-0.4, -0.2) is 29.3 Å². The summed E-state index contributed by atoms with van der Waals surface area (Å²) >= 11 is 0. The highest BCUT2D eigenvalue weighted by Gasteiger charge is 2.33. The van der Waals surface area contributed by atoms with E-state index in [0.29, 0.717) is 18.4 Å². The molecule has 1 rings (SSSR count). The summed E-state index contributed by atoms with van der Waals surface area (Å²) in [7, 11) is -4.22. The number of hydrogen-bond donors (Lipinski definition) is 2. The summed E-state index contributed by atoms with van der Waals surface area (Å²) in [6, 6.07) is 6.36. The Hall–Kier alpha value is -1.40. The Morgan fingerprint density at radius 3 is 2.30 bits per heavy atom. The molecule has 2 atom stereocenters. The van der Waals surface area contributed by atoms with Gasteiger partial charge in [0.15, 0.2) is 0 Å². The van der Waals surface area contributed by atoms with E-state index >= 15 is 0 Å². The zero-order valence-electron chi connectivity index (χ0n) is 11.6. The van der Waals surface area contributed by atoms with Crippen LogP contribution in [0.3, 0.4) is 0 Å². The Morgan fingerprint density at radius 2 is 1.85 bits per heavy atom. The van der Waals surface area contributed by atoms with Crippen molar-refractivity contribution in [2.45, 2.75) is 44.3 Å². The summed E-state index contributed by atoms with van der Waals surface area (Å²) in [5.74, 6) is -1.61. The maximum Gasteiger partial charge on any atom is 0.335 e. The molecule has 0 saturated heterocycles. The van der Waals surface area contributed by atoms with Crippen LogP contribution in [0, 0.1) is 0 Å². The third-order valence-electron chi connectivity index (χ3n) is 3.42. The van der Waals surface area contributed by atoms with Gasteiger partial charge in [0, 0.05) is 5.92 Å². The minimum absolute atomic E-state index is 0.0908. The summed E-state index contributed by atoms with van der Waals surface area (Å²) in [5.41, 5.74) is 0.555. The molecule has 5 nitrogen and oxygen atoms in total. The highest BCUT2D eigenvalue weighted by atomic mass is 32.2. The molecule has 2 N–H and O–H groups in total. The fourth-order valence-corrected chi connectivity index (χ4v) is 3.69. The molecule has 0 aliphatic rings. The molecular formula is C14H20O5S. The van der Waals surface area contributed by atoms with Crippen molar-refractivity contribution >= 4 is 16.1 Å². The first-order valence-electron chi connectivity index (χ1n) is 6.61. The predicted molar refractivity (Wildman–Crippen MR) is 76.7 cm³/mol. The van der Waals surface area contributed by atoms with E-state index < -0.39 is 27.3 Å². The van der Waals surface area contributed by atoms with Crippen molar-refractivity contribution in [1.29, 1.82) is 0 Å². The van der Waals surface area contributed by atoms with E-state index in [-0.39, 0.29) is 12.0 Å². The first-order chi connectivity index (χ1) is 9.32. The van der Waals surface area contributed by atoms with Gasteiger partial charge in [0.1, 0.15) is 0 Å². The third-order valence-corrected chi connectivity index (χ3v) is 4.85. The Morgan fingerprint density at radius 1 is 1.25 bits per heavy atom. The van der Waals surface area contributed by atoms with Crippen molar-refractivity contribution in [3.8, 4) is 0 Å². The van der Waals surface area contributed by atoms with Crippen molar-refractivity contribution in [2.24, 2.45) is 0 Å². The Kier molecular flexibility index (Phi) is 5.71. The molecule has 112 valence electrons. The fourth-order valence-electron chi connectivity index (χ4n) is 2.57. The minimum Gasteiger partial charge on any atom is -0.478 e. The first-order valence-corrected chi connectivity index (χ1v) is 8.11. The van der Waals surface area contributed by atoms with Crippen LogP contribution >= 0.6 is 0 Å². The van der Waals surface area contributed by atoms with Gasteiger partial charge in [-0.05, 0) is 24.5 Å². The molecule has 6 heteroatoms. The Balaban J connectivity index is 3.37. The second kappa shape index (κ2) is 6.85. The maximum atomic E-state index is 11.5. The summed E-state index contributed by atoms with van der Waals surface area (Å²) in [4.78, 5) is 11.3. The number of benzene rings is 1. The molecule has 0 fully saturated rings. The van der Waals surface area contributed by atoms with Crippen LogP contribution in [0.4, 0.5) is 0 Å². The third kappa shape index (κ3) is 3.80. The van der Waals surface area contributed by atoms with Crippen LogP contribution in [-0.2, 0) is 10.1 Å². The average Bonchev–Trinajstić information content (AvgIpc) is 2.37. The van der Waals surface area contributed by atoms with Crippen LogP contribution in [0.15, 0.2) is 24.3 Å². The van der Waals surface area contributed by atoms with Gasteiger partial charge in [-0.2, -0.15) is 8.42 Å². The molecule has 0 bridgehead atoms. The number of carboxylic acids is 1. The lowest BCUT2D eigenvalue weighted by molar-refractivity contribution is 0.0695. The monoisotopic (exact) mass is 300 g/mol. The van der Waals surface area contributed by atoms with Gasteiger partial charge in [0.05, 0.1) is 10.8 Å². The van der Waals surface area contributed by atoms with Gasteiger partial charge < -0.3 is 5.11 Å². The molecule has 2 unspecified atom stereocenters. The van der Waals surface area contributed by atoms with Crippen molar-refractivity contribution in [1.82, 2.24) is 0 Å². The molecule has 20 heavy (non-hydrogen) atoms. The zero-order valence-corrected chi connectivity index (χ0v) is 12.4. The van der Waals surface area contributed by atoms with Crippen molar-refractivity contribution < 1.29 is 22.9 Å². The van der Waals surface area contributed by atoms with E-state index in [1.807, 2.05) is 6.92 Å². The summed E-state index contributed by atoms with van der Waals surface area (Å²) in [6.07, 6.45) is 1.44. The van der Waals surface area contributed by atoms with E-state index in [1.165, 1.54) is 6.07 Å². The predicted octanol–water partition coefficient (Wildman–Crippen LogP) is 2.93. The van der Waals surface area contributed by atoms with E-state index in [9.17, 15) is 22.9 Å². The van der Waals surface area contributed by atoms with Crippen LogP contribution in [0.5, 0.6) is 0 Å². The van der Waals surface area contributed by atoms with Crippen LogP contribution in [0.25, 0.3) is 0 Å². The van der Waals surface area contributed by atoms with E-state index in [4.69, 9.17) is 0 Å². The topological polar surface area (TPSA) is 91.7 Å². The molecule has 0 spiro atoms. The molecule has 0 aromatic heterocycles. The van der Waals surface area contributed by atoms with Gasteiger partial charge in [-0.1, -0.05) is 38.5 Å². The maximum absolute atomic E-state index is 11.5. The van der Waals surface area contributed by atoms with Gasteiger partial charge in [-0.3, -0.25) is 4.55 Å². The summed E-state index contributed by atoms with van der Waals surface area (Å²) in [6.45, 7) is 3.57. The lowest BCUT2D eigenvalue weighted by atomic mass is 9.87. The number of rotatable bonds is 7. The number of carbonyl (C=O) groups is 1. The Labute approximate surface area is 119 Å². The quantitative estimate of drug-likeness (QED) is 0.755. The minimum atomic E-state index is -4.22. The van der Waals surface area contributed by atoms with E-state index in [0.717, 1.165) is 0 Å². The largest absolute Gasteiger partial charge is 0.478 e. The molecule has 0 saturated carbocycles. The molecule has 0 radical (unpaired) electrons. The van der Waals surface area contributed by atoms with Crippen LogP contribution in [0.2, 0.25) is 0 Å². The molecule has 0 aliphatic heterocycles. The highest BCUT2D eigenvalue weighted by Crippen LogP contribution is 2.33. The van der Waals surface area contributed by atoms with Crippen molar-refractivity contribution in [3.05, 3.63) is 35.4 Å². The lowest BCUT2D eigenvalue weighted by Gasteiger charge is -2.25. The van der Waals surface area contributed by atoms with Gasteiger partial charge in [0.25, 0.3) is 10.1 Å². The molecule has 1 aromatic carbocycles. The first kappa shape index (κ1) is 16.7. The molecule has 0 amide bonds. The molecular weight excluding hydrogens is 280 g/mol. The van der Waals surface area contributed by atoms with Gasteiger partial charge in [-0.25, -0.2) is 4.79 Å². The molecule has 1 aromatic rings. The Bertz CT molecular complexity index is 565.